The first kappa shape index (κ1) is 14.6. The van der Waals surface area contributed by atoms with Crippen LogP contribution in [0.2, 0.25) is 15.2 Å². The molecule has 1 aromatic heterocycles. The van der Waals surface area contributed by atoms with E-state index >= 15 is 0 Å². The van der Waals surface area contributed by atoms with Crippen LogP contribution in [-0.2, 0) is 6.42 Å². The minimum absolute atomic E-state index is 0.0676. The number of halogens is 3. The van der Waals surface area contributed by atoms with Gasteiger partial charge in [-0.05, 0) is 35.7 Å². The molecular formula is C13H12Cl3N3. The molecule has 3 nitrogen and oxygen atoms in total. The molecular weight excluding hydrogens is 305 g/mol. The predicted octanol–water partition coefficient (Wildman–Crippen LogP) is 3.79. The van der Waals surface area contributed by atoms with E-state index in [-0.39, 0.29) is 6.04 Å². The van der Waals surface area contributed by atoms with Gasteiger partial charge in [0.1, 0.15) is 5.15 Å². The molecule has 1 atom stereocenters. The van der Waals surface area contributed by atoms with Crippen LogP contribution in [0.1, 0.15) is 17.2 Å². The van der Waals surface area contributed by atoms with Crippen molar-refractivity contribution in [3.05, 3.63) is 62.9 Å². The van der Waals surface area contributed by atoms with E-state index in [0.29, 0.717) is 21.6 Å². The molecule has 19 heavy (non-hydrogen) atoms. The quantitative estimate of drug-likeness (QED) is 0.512. The maximum Gasteiger partial charge on any atom is 0.129 e. The molecule has 0 saturated carbocycles. The Morgan fingerprint density at radius 1 is 1.11 bits per heavy atom. The molecule has 0 amide bonds. The molecule has 0 radical (unpaired) electrons. The third kappa shape index (κ3) is 3.81. The van der Waals surface area contributed by atoms with Gasteiger partial charge in [0.2, 0.25) is 0 Å². The summed E-state index contributed by atoms with van der Waals surface area (Å²) in [4.78, 5) is 4.04. The van der Waals surface area contributed by atoms with E-state index in [1.54, 1.807) is 18.3 Å². The van der Waals surface area contributed by atoms with Crippen molar-refractivity contribution in [3.8, 4) is 0 Å². The smallest absolute Gasteiger partial charge is 0.129 e. The first-order valence-corrected chi connectivity index (χ1v) is 6.75. The molecule has 1 unspecified atom stereocenters. The largest absolute Gasteiger partial charge is 0.271 e. The van der Waals surface area contributed by atoms with Crippen LogP contribution in [0.3, 0.4) is 0 Å². The van der Waals surface area contributed by atoms with Crippen LogP contribution in [0.4, 0.5) is 0 Å². The van der Waals surface area contributed by atoms with Gasteiger partial charge in [0.25, 0.3) is 0 Å². The van der Waals surface area contributed by atoms with Crippen LogP contribution in [0.5, 0.6) is 0 Å². The lowest BCUT2D eigenvalue weighted by atomic mass is 10.0. The zero-order chi connectivity index (χ0) is 13.8. The third-order valence-electron chi connectivity index (χ3n) is 2.78. The van der Waals surface area contributed by atoms with E-state index in [4.69, 9.17) is 40.6 Å². The van der Waals surface area contributed by atoms with E-state index in [1.165, 1.54) is 0 Å². The van der Waals surface area contributed by atoms with Gasteiger partial charge in [-0.3, -0.25) is 11.3 Å². The Morgan fingerprint density at radius 3 is 2.47 bits per heavy atom. The van der Waals surface area contributed by atoms with Crippen molar-refractivity contribution in [2.45, 2.75) is 12.5 Å². The third-order valence-corrected chi connectivity index (χ3v) is 3.74. The lowest BCUT2D eigenvalue weighted by Crippen LogP contribution is -2.29. The van der Waals surface area contributed by atoms with E-state index in [9.17, 15) is 0 Å². The minimum atomic E-state index is -0.0676. The van der Waals surface area contributed by atoms with Gasteiger partial charge >= 0.3 is 0 Å². The molecule has 2 aromatic rings. The second-order valence-corrected chi connectivity index (χ2v) is 5.29. The number of hydrogen-bond donors (Lipinski definition) is 2. The summed E-state index contributed by atoms with van der Waals surface area (Å²) in [5.74, 6) is 5.59. The monoisotopic (exact) mass is 315 g/mol. The number of nitrogens with zero attached hydrogens (tertiary/aromatic N) is 1. The summed E-state index contributed by atoms with van der Waals surface area (Å²) in [6, 6.07) is 9.07. The normalized spacial score (nSPS) is 12.4. The fourth-order valence-electron chi connectivity index (χ4n) is 1.77. The van der Waals surface area contributed by atoms with Crippen LogP contribution < -0.4 is 11.3 Å². The molecule has 1 aromatic carbocycles. The lowest BCUT2D eigenvalue weighted by molar-refractivity contribution is 0.550. The number of aromatic nitrogens is 1. The summed E-state index contributed by atoms with van der Waals surface area (Å²) >= 11 is 17.6. The minimum Gasteiger partial charge on any atom is -0.271 e. The average molecular weight is 317 g/mol. The van der Waals surface area contributed by atoms with Gasteiger partial charge in [-0.1, -0.05) is 46.9 Å². The summed E-state index contributed by atoms with van der Waals surface area (Å²) in [7, 11) is 0. The summed E-state index contributed by atoms with van der Waals surface area (Å²) in [6.07, 6.45) is 2.38. The van der Waals surface area contributed by atoms with Gasteiger partial charge in [-0.2, -0.15) is 0 Å². The molecule has 0 aliphatic rings. The summed E-state index contributed by atoms with van der Waals surface area (Å²) in [5.41, 5.74) is 4.75. The molecule has 0 bridgehead atoms. The first-order chi connectivity index (χ1) is 9.10. The Labute approximate surface area is 126 Å². The van der Waals surface area contributed by atoms with Crippen LogP contribution >= 0.6 is 34.8 Å². The van der Waals surface area contributed by atoms with Crippen molar-refractivity contribution >= 4 is 34.8 Å². The Balaban J connectivity index is 2.18. The second kappa shape index (κ2) is 6.55. The van der Waals surface area contributed by atoms with E-state index < -0.39 is 0 Å². The van der Waals surface area contributed by atoms with Crippen molar-refractivity contribution in [2.24, 2.45) is 5.84 Å². The highest BCUT2D eigenvalue weighted by atomic mass is 35.5. The van der Waals surface area contributed by atoms with Crippen LogP contribution in [0.25, 0.3) is 0 Å². The zero-order valence-corrected chi connectivity index (χ0v) is 12.2. The van der Waals surface area contributed by atoms with Gasteiger partial charge < -0.3 is 0 Å². The number of rotatable bonds is 4. The van der Waals surface area contributed by atoms with Gasteiger partial charge in [0, 0.05) is 6.20 Å². The molecule has 0 fully saturated rings. The fourth-order valence-corrected chi connectivity index (χ4v) is 2.20. The van der Waals surface area contributed by atoms with Crippen LogP contribution in [-0.4, -0.2) is 4.98 Å². The molecule has 100 valence electrons. The van der Waals surface area contributed by atoms with Crippen LogP contribution in [0, 0.1) is 0 Å². The number of hydrogen-bond acceptors (Lipinski definition) is 3. The molecule has 1 heterocycles. The topological polar surface area (TPSA) is 50.9 Å². The zero-order valence-electron chi connectivity index (χ0n) is 9.91. The van der Waals surface area contributed by atoms with Crippen molar-refractivity contribution in [3.63, 3.8) is 0 Å². The summed E-state index contributed by atoms with van der Waals surface area (Å²) < 4.78 is 0. The summed E-state index contributed by atoms with van der Waals surface area (Å²) in [5, 5.41) is 1.52. The average Bonchev–Trinajstić information content (AvgIpc) is 2.41. The molecule has 3 N–H and O–H groups in total. The van der Waals surface area contributed by atoms with Crippen molar-refractivity contribution in [2.75, 3.05) is 0 Å². The van der Waals surface area contributed by atoms with E-state index in [0.717, 1.165) is 11.1 Å². The van der Waals surface area contributed by atoms with Crippen molar-refractivity contribution in [1.82, 2.24) is 10.4 Å². The van der Waals surface area contributed by atoms with Gasteiger partial charge in [0.05, 0.1) is 16.1 Å². The molecule has 0 saturated heterocycles. The SMILES string of the molecule is NNC(Cc1ccc(Cl)c(Cl)c1)c1ccc(Cl)nc1. The summed E-state index contributed by atoms with van der Waals surface area (Å²) in [6.45, 7) is 0. The number of nitrogens with two attached hydrogens (primary N) is 1. The Kier molecular flexibility index (Phi) is 5.02. The Hall–Kier alpha value is -0.840. The van der Waals surface area contributed by atoms with Crippen molar-refractivity contribution < 1.29 is 0 Å². The maximum absolute atomic E-state index is 5.99. The Morgan fingerprint density at radius 2 is 1.89 bits per heavy atom. The second-order valence-electron chi connectivity index (χ2n) is 4.09. The van der Waals surface area contributed by atoms with Crippen LogP contribution in [0.15, 0.2) is 36.5 Å². The highest BCUT2D eigenvalue weighted by Gasteiger charge is 2.12. The maximum atomic E-state index is 5.99. The fraction of sp³-hybridized carbons (Fsp3) is 0.154. The molecule has 0 aliphatic carbocycles. The lowest BCUT2D eigenvalue weighted by Gasteiger charge is -2.16. The number of hydrazine groups is 1. The predicted molar refractivity (Wildman–Crippen MR) is 79.5 cm³/mol. The number of nitrogens with one attached hydrogen (secondary N) is 1. The molecule has 2 rings (SSSR count). The van der Waals surface area contributed by atoms with E-state index in [1.807, 2.05) is 18.2 Å². The van der Waals surface area contributed by atoms with Crippen molar-refractivity contribution in [1.29, 1.82) is 0 Å². The van der Waals surface area contributed by atoms with Gasteiger partial charge in [0.15, 0.2) is 0 Å². The molecule has 0 spiro atoms. The molecule has 0 aliphatic heterocycles. The highest BCUT2D eigenvalue weighted by Crippen LogP contribution is 2.25. The van der Waals surface area contributed by atoms with E-state index in [2.05, 4.69) is 10.4 Å². The first-order valence-electron chi connectivity index (χ1n) is 5.61. The number of benzene rings is 1. The van der Waals surface area contributed by atoms with Gasteiger partial charge in [-0.15, -0.1) is 0 Å². The van der Waals surface area contributed by atoms with Gasteiger partial charge in [-0.25, -0.2) is 4.98 Å². The molecule has 6 heteroatoms. The number of pyridine rings is 1. The standard InChI is InChI=1S/C13H12Cl3N3/c14-10-3-1-8(5-11(10)15)6-12(19-17)9-2-4-13(16)18-7-9/h1-5,7,12,19H,6,17H2. The highest BCUT2D eigenvalue weighted by molar-refractivity contribution is 6.42. The Bertz CT molecular complexity index is 558.